The second-order valence-corrected chi connectivity index (χ2v) is 10.9. The second kappa shape index (κ2) is 11.5. The summed E-state index contributed by atoms with van der Waals surface area (Å²) in [5.41, 5.74) is 5.33. The van der Waals surface area contributed by atoms with Gasteiger partial charge >= 0.3 is 0 Å². The van der Waals surface area contributed by atoms with Gasteiger partial charge in [-0.1, -0.05) is 6.07 Å². The number of piperidine rings is 1. The lowest BCUT2D eigenvalue weighted by Gasteiger charge is -2.35. The van der Waals surface area contributed by atoms with E-state index in [1.54, 1.807) is 19.2 Å². The summed E-state index contributed by atoms with van der Waals surface area (Å²) >= 11 is 0. The molecule has 0 atom stereocenters. The van der Waals surface area contributed by atoms with Gasteiger partial charge < -0.3 is 24.6 Å². The maximum absolute atomic E-state index is 14.4. The number of aryl methyl sites for hydroxylation is 1. The highest BCUT2D eigenvalue weighted by Gasteiger charge is 2.27. The number of hydrogen-bond acceptors (Lipinski definition) is 7. The van der Waals surface area contributed by atoms with Crippen LogP contribution in [0, 0.1) is 11.6 Å². The Balaban J connectivity index is 1.19. The zero-order valence-electron chi connectivity index (χ0n) is 22.6. The van der Waals surface area contributed by atoms with Crippen LogP contribution < -0.4 is 19.7 Å². The molecule has 39 heavy (non-hydrogen) atoms. The Bertz CT molecular complexity index is 1320. The molecule has 7 nitrogen and oxygen atoms in total. The molecule has 2 saturated heterocycles. The molecule has 2 fully saturated rings. The minimum Gasteiger partial charge on any atom is -0.488 e. The van der Waals surface area contributed by atoms with Crippen LogP contribution in [0.3, 0.4) is 0 Å². The average Bonchev–Trinajstić information content (AvgIpc) is 3.65. The first-order valence-corrected chi connectivity index (χ1v) is 14.3. The predicted molar refractivity (Wildman–Crippen MR) is 149 cm³/mol. The topological polar surface area (TPSA) is 62.8 Å². The van der Waals surface area contributed by atoms with Gasteiger partial charge in [0.15, 0.2) is 17.4 Å². The van der Waals surface area contributed by atoms with Crippen molar-refractivity contribution in [3.63, 3.8) is 0 Å². The van der Waals surface area contributed by atoms with Crippen molar-refractivity contribution in [1.82, 2.24) is 14.9 Å². The van der Waals surface area contributed by atoms with Crippen molar-refractivity contribution in [1.29, 1.82) is 0 Å². The highest BCUT2D eigenvalue weighted by molar-refractivity contribution is 5.92. The summed E-state index contributed by atoms with van der Waals surface area (Å²) in [6.07, 6.45) is 8.15. The quantitative estimate of drug-likeness (QED) is 0.369. The molecule has 0 radical (unpaired) electrons. The summed E-state index contributed by atoms with van der Waals surface area (Å²) in [7, 11) is 1.63. The Kier molecular flexibility index (Phi) is 7.68. The molecule has 1 N–H and O–H groups in total. The standard InChI is InChI=1S/C30H37F2N5O2/c1-38-30-26(39-18-6-15-36-13-2-3-14-36)19-24-29(35-30)28(21-7-4-9-23(21)34-24)33-20-11-16-37(17-12-20)25-10-5-8-22(31)27(25)32/h5,8,10,19-20H,2-4,6-7,9,11-18H2,1H3,(H,33,34). The molecule has 3 aliphatic rings. The molecule has 0 spiro atoms. The van der Waals surface area contributed by atoms with E-state index in [0.717, 1.165) is 73.6 Å². The lowest BCUT2D eigenvalue weighted by molar-refractivity contribution is 0.252. The molecule has 208 valence electrons. The summed E-state index contributed by atoms with van der Waals surface area (Å²) < 4.78 is 39.9. The normalized spacial score (nSPS) is 18.1. The van der Waals surface area contributed by atoms with E-state index in [1.807, 2.05) is 11.0 Å². The third-order valence-electron chi connectivity index (χ3n) is 8.30. The molecule has 0 amide bonds. The van der Waals surface area contributed by atoms with Gasteiger partial charge in [0.25, 0.3) is 5.88 Å². The maximum Gasteiger partial charge on any atom is 0.257 e. The lowest BCUT2D eigenvalue weighted by Crippen LogP contribution is -2.39. The van der Waals surface area contributed by atoms with Crippen LogP contribution in [0.15, 0.2) is 24.3 Å². The van der Waals surface area contributed by atoms with Gasteiger partial charge in [-0.15, -0.1) is 0 Å². The first-order chi connectivity index (χ1) is 19.1. The van der Waals surface area contributed by atoms with E-state index >= 15 is 0 Å². The van der Waals surface area contributed by atoms with Crippen molar-refractivity contribution in [2.45, 2.75) is 57.4 Å². The van der Waals surface area contributed by atoms with Gasteiger partial charge in [-0.25, -0.2) is 13.8 Å². The number of ether oxygens (including phenoxy) is 2. The average molecular weight is 538 g/mol. The minimum absolute atomic E-state index is 0.197. The zero-order chi connectivity index (χ0) is 26.8. The molecule has 0 saturated carbocycles. The third kappa shape index (κ3) is 5.46. The lowest BCUT2D eigenvalue weighted by atomic mass is 10.0. The first kappa shape index (κ1) is 26.0. The van der Waals surface area contributed by atoms with E-state index in [-0.39, 0.29) is 6.04 Å². The minimum atomic E-state index is -0.804. The number of nitrogens with one attached hydrogen (secondary N) is 1. The van der Waals surface area contributed by atoms with Crippen LogP contribution in [0.2, 0.25) is 0 Å². The third-order valence-corrected chi connectivity index (χ3v) is 8.30. The van der Waals surface area contributed by atoms with Crippen LogP contribution in [0.4, 0.5) is 20.2 Å². The Morgan fingerprint density at radius 1 is 1.03 bits per heavy atom. The molecule has 2 aliphatic heterocycles. The van der Waals surface area contributed by atoms with E-state index < -0.39 is 11.6 Å². The van der Waals surface area contributed by atoms with Gasteiger partial charge in [-0.05, 0) is 82.2 Å². The zero-order valence-corrected chi connectivity index (χ0v) is 22.6. The van der Waals surface area contributed by atoms with Crippen molar-refractivity contribution in [2.75, 3.05) is 56.7 Å². The number of likely N-dealkylation sites (tertiary alicyclic amines) is 1. The van der Waals surface area contributed by atoms with Gasteiger partial charge in [0, 0.05) is 37.4 Å². The molecule has 2 aromatic heterocycles. The Morgan fingerprint density at radius 2 is 1.85 bits per heavy atom. The van der Waals surface area contributed by atoms with E-state index in [1.165, 1.54) is 31.5 Å². The molecule has 0 unspecified atom stereocenters. The number of fused-ring (bicyclic) bond motifs is 2. The number of anilines is 2. The van der Waals surface area contributed by atoms with Crippen molar-refractivity contribution >= 4 is 22.4 Å². The van der Waals surface area contributed by atoms with Crippen LogP contribution in [-0.4, -0.2) is 67.4 Å². The molecule has 1 aromatic carbocycles. The summed E-state index contributed by atoms with van der Waals surface area (Å²) in [5, 5.41) is 3.78. The fourth-order valence-corrected chi connectivity index (χ4v) is 6.23. The van der Waals surface area contributed by atoms with Crippen molar-refractivity contribution < 1.29 is 18.3 Å². The molecule has 4 heterocycles. The van der Waals surface area contributed by atoms with E-state index in [4.69, 9.17) is 19.4 Å². The number of pyridine rings is 2. The Morgan fingerprint density at radius 3 is 2.64 bits per heavy atom. The van der Waals surface area contributed by atoms with Crippen LogP contribution in [-0.2, 0) is 12.8 Å². The predicted octanol–water partition coefficient (Wildman–Crippen LogP) is 5.35. The highest BCUT2D eigenvalue weighted by atomic mass is 19.2. The number of rotatable bonds is 9. The Labute approximate surface area is 228 Å². The van der Waals surface area contributed by atoms with Gasteiger partial charge in [0.2, 0.25) is 0 Å². The summed E-state index contributed by atoms with van der Waals surface area (Å²) in [6.45, 7) is 5.33. The molecule has 3 aromatic rings. The number of halogens is 2. The fourth-order valence-electron chi connectivity index (χ4n) is 6.23. The summed E-state index contributed by atoms with van der Waals surface area (Å²) in [5.74, 6) is -0.468. The van der Waals surface area contributed by atoms with Gasteiger partial charge in [0.05, 0.1) is 30.6 Å². The molecule has 6 rings (SSSR count). The molecule has 0 bridgehead atoms. The van der Waals surface area contributed by atoms with Crippen molar-refractivity contribution in [2.24, 2.45) is 0 Å². The molecular formula is C30H37F2N5O2. The van der Waals surface area contributed by atoms with Crippen LogP contribution in [0.1, 0.15) is 49.8 Å². The summed E-state index contributed by atoms with van der Waals surface area (Å²) in [6, 6.07) is 6.54. The van der Waals surface area contributed by atoms with Crippen molar-refractivity contribution in [3.05, 3.63) is 47.2 Å². The number of aromatic nitrogens is 2. The first-order valence-electron chi connectivity index (χ1n) is 14.3. The SMILES string of the molecule is COc1nc2c(NC3CCN(c4cccc(F)c4F)CC3)c3c(nc2cc1OCCCN1CCCC1)CCC3. The number of methoxy groups -OCH3 is 1. The van der Waals surface area contributed by atoms with Crippen LogP contribution in [0.5, 0.6) is 11.6 Å². The number of benzene rings is 1. The maximum atomic E-state index is 14.4. The van der Waals surface area contributed by atoms with Gasteiger partial charge in [-0.3, -0.25) is 4.98 Å². The fraction of sp³-hybridized carbons (Fsp3) is 0.533. The van der Waals surface area contributed by atoms with Crippen molar-refractivity contribution in [3.8, 4) is 11.6 Å². The molecule has 1 aliphatic carbocycles. The van der Waals surface area contributed by atoms with Crippen LogP contribution in [0.25, 0.3) is 11.0 Å². The number of hydrogen-bond donors (Lipinski definition) is 1. The van der Waals surface area contributed by atoms with Crippen LogP contribution >= 0.6 is 0 Å². The van der Waals surface area contributed by atoms with E-state index in [0.29, 0.717) is 37.0 Å². The largest absolute Gasteiger partial charge is 0.488 e. The summed E-state index contributed by atoms with van der Waals surface area (Å²) in [4.78, 5) is 14.3. The smallest absolute Gasteiger partial charge is 0.257 e. The van der Waals surface area contributed by atoms with E-state index in [9.17, 15) is 8.78 Å². The molecule has 9 heteroatoms. The van der Waals surface area contributed by atoms with Gasteiger partial charge in [0.1, 0.15) is 5.52 Å². The van der Waals surface area contributed by atoms with E-state index in [2.05, 4.69) is 10.2 Å². The highest BCUT2D eigenvalue weighted by Crippen LogP contribution is 2.38. The molecular weight excluding hydrogens is 500 g/mol. The van der Waals surface area contributed by atoms with Gasteiger partial charge in [-0.2, -0.15) is 0 Å². The monoisotopic (exact) mass is 537 g/mol. The second-order valence-electron chi connectivity index (χ2n) is 10.9. The Hall–Kier alpha value is -3.20. The number of nitrogens with zero attached hydrogens (tertiary/aromatic N) is 4.